The lowest BCUT2D eigenvalue weighted by Crippen LogP contribution is -2.41. The molecule has 0 bridgehead atoms. The maximum Gasteiger partial charge on any atom is 0.192 e. The molecule has 0 N–H and O–H groups in total. The molecule has 2 nitrogen and oxygen atoms in total. The highest BCUT2D eigenvalue weighted by atomic mass is 28.4. The van der Waals surface area contributed by atoms with E-state index in [1.54, 1.807) is 0 Å². The average molecular weight is 419 g/mol. The summed E-state index contributed by atoms with van der Waals surface area (Å²) in [4.78, 5) is 0. The molecule has 0 amide bonds. The van der Waals surface area contributed by atoms with Gasteiger partial charge < -0.3 is 9.16 Å². The van der Waals surface area contributed by atoms with Gasteiger partial charge in [0.15, 0.2) is 8.32 Å². The molecule has 2 rings (SSSR count). The van der Waals surface area contributed by atoms with Gasteiger partial charge in [0, 0.05) is 0 Å². The van der Waals surface area contributed by atoms with Crippen molar-refractivity contribution in [1.82, 2.24) is 0 Å². The van der Waals surface area contributed by atoms with Gasteiger partial charge in [-0.25, -0.2) is 0 Å². The van der Waals surface area contributed by atoms with Gasteiger partial charge in [0.1, 0.15) is 0 Å². The van der Waals surface area contributed by atoms with Crippen molar-refractivity contribution in [2.75, 3.05) is 6.61 Å². The Labute approximate surface area is 182 Å². The molecule has 166 valence electrons. The molecule has 3 atom stereocenters. The Balaban J connectivity index is 2.15. The quantitative estimate of drug-likeness (QED) is 0.248. The summed E-state index contributed by atoms with van der Waals surface area (Å²) in [7, 11) is -1.73. The molecular formula is C26H46O2Si. The molecule has 1 aliphatic carbocycles. The fourth-order valence-electron chi connectivity index (χ4n) is 3.77. The van der Waals surface area contributed by atoms with E-state index in [1.807, 2.05) is 0 Å². The summed E-state index contributed by atoms with van der Waals surface area (Å²) < 4.78 is 12.7. The van der Waals surface area contributed by atoms with Crippen molar-refractivity contribution in [3.63, 3.8) is 0 Å². The maximum atomic E-state index is 6.59. The Kier molecular flexibility index (Phi) is 7.84. The second-order valence-corrected chi connectivity index (χ2v) is 16.5. The van der Waals surface area contributed by atoms with E-state index in [0.29, 0.717) is 6.10 Å². The molecule has 2 aliphatic rings. The minimum Gasteiger partial charge on any atom is -0.413 e. The molecule has 0 unspecified atom stereocenters. The number of hydrogen-bond acceptors (Lipinski definition) is 2. The molecule has 3 heteroatoms. The zero-order chi connectivity index (χ0) is 21.9. The topological polar surface area (TPSA) is 21.8 Å². The van der Waals surface area contributed by atoms with Crippen LogP contribution >= 0.6 is 0 Å². The van der Waals surface area contributed by atoms with Crippen LogP contribution in [0.5, 0.6) is 0 Å². The Morgan fingerprint density at radius 1 is 1.24 bits per heavy atom. The lowest BCUT2D eigenvalue weighted by atomic mass is 9.80. The van der Waals surface area contributed by atoms with Crippen LogP contribution < -0.4 is 0 Å². The molecule has 1 saturated heterocycles. The van der Waals surface area contributed by atoms with Crippen LogP contribution in [0.2, 0.25) is 18.1 Å². The second kappa shape index (κ2) is 9.24. The third-order valence-electron chi connectivity index (χ3n) is 7.36. The lowest BCUT2D eigenvalue weighted by Gasteiger charge is -2.36. The summed E-state index contributed by atoms with van der Waals surface area (Å²) in [6.45, 7) is 21.5. The normalized spacial score (nSPS) is 33.7. The van der Waals surface area contributed by atoms with Gasteiger partial charge in [-0.2, -0.15) is 0 Å². The van der Waals surface area contributed by atoms with Gasteiger partial charge >= 0.3 is 0 Å². The van der Waals surface area contributed by atoms with Crippen LogP contribution in [0.15, 0.2) is 35.5 Å². The zero-order valence-corrected chi connectivity index (χ0v) is 21.7. The van der Waals surface area contributed by atoms with Crippen molar-refractivity contribution in [2.24, 2.45) is 5.41 Å². The van der Waals surface area contributed by atoms with Crippen molar-refractivity contribution in [1.29, 1.82) is 0 Å². The van der Waals surface area contributed by atoms with E-state index in [-0.39, 0.29) is 16.1 Å². The average Bonchev–Trinajstić information content (AvgIpc) is 3.22. The summed E-state index contributed by atoms with van der Waals surface area (Å²) in [5.74, 6) is 0. The van der Waals surface area contributed by atoms with Gasteiger partial charge in [-0.05, 0) is 88.4 Å². The molecule has 0 saturated carbocycles. The number of allylic oxidation sites excluding steroid dienone is 4. The second-order valence-electron chi connectivity index (χ2n) is 11.7. The minimum atomic E-state index is -1.73. The first-order chi connectivity index (χ1) is 13.3. The smallest absolute Gasteiger partial charge is 0.192 e. The molecule has 29 heavy (non-hydrogen) atoms. The molecule has 0 aromatic heterocycles. The molecule has 0 radical (unpaired) electrons. The summed E-state index contributed by atoms with van der Waals surface area (Å²) in [5.41, 5.74) is 3.12. The third-order valence-corrected chi connectivity index (χ3v) is 11.8. The van der Waals surface area contributed by atoms with Gasteiger partial charge in [0.25, 0.3) is 0 Å². The number of ether oxygens (including phenoxy) is 1. The predicted octanol–water partition coefficient (Wildman–Crippen LogP) is 7.98. The first-order valence-corrected chi connectivity index (χ1v) is 14.5. The van der Waals surface area contributed by atoms with Crippen molar-refractivity contribution in [3.05, 3.63) is 35.5 Å². The van der Waals surface area contributed by atoms with Crippen LogP contribution in [0.1, 0.15) is 87.0 Å². The van der Waals surface area contributed by atoms with E-state index in [0.717, 1.165) is 38.7 Å². The van der Waals surface area contributed by atoms with Crippen molar-refractivity contribution in [2.45, 2.75) is 117 Å². The number of rotatable bonds is 6. The van der Waals surface area contributed by atoms with Gasteiger partial charge in [-0.1, -0.05) is 57.6 Å². The summed E-state index contributed by atoms with van der Waals surface area (Å²) >= 11 is 0. The van der Waals surface area contributed by atoms with Crippen LogP contribution in [0.25, 0.3) is 0 Å². The SMILES string of the molecule is CC(C)=CCC[C@]1(C)/C=C/C[C@]2(C)O[C@@H]2CC/C(CO[Si](C)(C)C(C)(C)C)=C/C1. The Morgan fingerprint density at radius 3 is 2.55 bits per heavy atom. The first kappa shape index (κ1) is 24.6. The van der Waals surface area contributed by atoms with Crippen LogP contribution in [0.4, 0.5) is 0 Å². The minimum absolute atomic E-state index is 0.0487. The van der Waals surface area contributed by atoms with Crippen LogP contribution in [0.3, 0.4) is 0 Å². The molecule has 0 aromatic carbocycles. The molecule has 1 heterocycles. The highest BCUT2D eigenvalue weighted by Gasteiger charge is 2.50. The number of fused-ring (bicyclic) bond motifs is 1. The van der Waals surface area contributed by atoms with E-state index in [2.05, 4.69) is 85.9 Å². The van der Waals surface area contributed by atoms with E-state index in [9.17, 15) is 0 Å². The summed E-state index contributed by atoms with van der Waals surface area (Å²) in [6.07, 6.45) is 16.8. The van der Waals surface area contributed by atoms with Crippen LogP contribution in [-0.4, -0.2) is 26.6 Å². The fourth-order valence-corrected chi connectivity index (χ4v) is 4.75. The number of hydrogen-bond donors (Lipinski definition) is 0. The largest absolute Gasteiger partial charge is 0.413 e. The highest BCUT2D eigenvalue weighted by Crippen LogP contribution is 2.44. The van der Waals surface area contributed by atoms with E-state index in [4.69, 9.17) is 9.16 Å². The van der Waals surface area contributed by atoms with Gasteiger partial charge in [-0.3, -0.25) is 0 Å². The van der Waals surface area contributed by atoms with Crippen molar-refractivity contribution < 1.29 is 9.16 Å². The monoisotopic (exact) mass is 418 g/mol. The van der Waals surface area contributed by atoms with Crippen molar-refractivity contribution in [3.8, 4) is 0 Å². The highest BCUT2D eigenvalue weighted by molar-refractivity contribution is 6.74. The molecule has 1 aliphatic heterocycles. The third kappa shape index (κ3) is 7.22. The summed E-state index contributed by atoms with van der Waals surface area (Å²) in [6, 6.07) is 0. The zero-order valence-electron chi connectivity index (χ0n) is 20.7. The summed E-state index contributed by atoms with van der Waals surface area (Å²) in [5, 5.41) is 0.251. The maximum absolute atomic E-state index is 6.59. The van der Waals surface area contributed by atoms with Crippen LogP contribution in [-0.2, 0) is 9.16 Å². The van der Waals surface area contributed by atoms with Crippen molar-refractivity contribution >= 4 is 8.32 Å². The lowest BCUT2D eigenvalue weighted by molar-refractivity contribution is 0.298. The molecule has 0 spiro atoms. The van der Waals surface area contributed by atoms with E-state index >= 15 is 0 Å². The molecular weight excluding hydrogens is 372 g/mol. The first-order valence-electron chi connectivity index (χ1n) is 11.6. The Hall–Kier alpha value is -0.643. The predicted molar refractivity (Wildman–Crippen MR) is 129 cm³/mol. The molecule has 0 aromatic rings. The standard InChI is InChI=1S/C26H46O2Si/c1-21(2)12-10-16-25(6)17-11-18-26(7)23(28-26)14-13-22(15-19-25)20-27-29(8,9)24(3,4)5/h11-12,15,17,23H,10,13-14,16,18-20H2,1-9H3/b17-11+,22-15-/t23-,25-,26+/m1/s1. The van der Waals surface area contributed by atoms with Gasteiger partial charge in [0.2, 0.25) is 0 Å². The van der Waals surface area contributed by atoms with Gasteiger partial charge in [-0.15, -0.1) is 0 Å². The Bertz CT molecular complexity index is 648. The van der Waals surface area contributed by atoms with E-state index < -0.39 is 8.32 Å². The van der Waals surface area contributed by atoms with E-state index in [1.165, 1.54) is 17.6 Å². The Morgan fingerprint density at radius 2 is 1.93 bits per heavy atom. The van der Waals surface area contributed by atoms with Gasteiger partial charge in [0.05, 0.1) is 18.3 Å². The molecule has 1 fully saturated rings. The fraction of sp³-hybridized carbons (Fsp3) is 0.769. The number of epoxide rings is 1. The van der Waals surface area contributed by atoms with Crippen LogP contribution in [0, 0.1) is 5.41 Å².